The average Bonchev–Trinajstić information content (AvgIpc) is 3.40. The lowest BCUT2D eigenvalue weighted by molar-refractivity contribution is -0.128. The monoisotopic (exact) mass is 566 g/mol. The van der Waals surface area contributed by atoms with Crippen molar-refractivity contribution in [2.45, 2.75) is 65.0 Å². The number of halogens is 1. The Balaban J connectivity index is 1.66. The van der Waals surface area contributed by atoms with E-state index in [0.717, 1.165) is 40.8 Å². The highest BCUT2D eigenvalue weighted by atomic mass is 35.5. The fourth-order valence-electron chi connectivity index (χ4n) is 7.15. The number of para-hydroxylation sites is 1. The second-order valence-corrected chi connectivity index (χ2v) is 13.0. The summed E-state index contributed by atoms with van der Waals surface area (Å²) in [5, 5.41) is 3.68. The Morgan fingerprint density at radius 1 is 1.02 bits per heavy atom. The van der Waals surface area contributed by atoms with Crippen molar-refractivity contribution >= 4 is 46.0 Å². The predicted octanol–water partition coefficient (Wildman–Crippen LogP) is 7.27. The fraction of sp³-hybridized carbons (Fsp3) is 0.343. The number of carbonyl (C=O) groups excluding carboxylic acids is 3. The zero-order chi connectivity index (χ0) is 29.3. The van der Waals surface area contributed by atoms with Gasteiger partial charge in [-0.25, -0.2) is 0 Å². The van der Waals surface area contributed by atoms with Crippen LogP contribution in [-0.2, 0) is 21.4 Å². The Bertz CT molecular complexity index is 1620. The molecule has 3 aliphatic rings. The number of benzene rings is 3. The van der Waals surface area contributed by atoms with Gasteiger partial charge in [-0.05, 0) is 54.3 Å². The van der Waals surface area contributed by atoms with Gasteiger partial charge in [0.15, 0.2) is 11.6 Å². The molecule has 1 saturated heterocycles. The first-order valence-corrected chi connectivity index (χ1v) is 14.7. The molecule has 3 aromatic rings. The number of nitrogens with one attached hydrogen (secondary N) is 1. The highest BCUT2D eigenvalue weighted by molar-refractivity contribution is 6.31. The number of carbonyl (C=O) groups is 3. The van der Waals surface area contributed by atoms with Crippen LogP contribution in [0.3, 0.4) is 0 Å². The van der Waals surface area contributed by atoms with Crippen molar-refractivity contribution in [2.75, 3.05) is 10.2 Å². The van der Waals surface area contributed by atoms with Gasteiger partial charge in [0, 0.05) is 32.9 Å². The number of anilines is 2. The maximum atomic E-state index is 14.9. The molecule has 1 spiro atoms. The molecule has 41 heavy (non-hydrogen) atoms. The molecule has 3 aromatic carbocycles. The largest absolute Gasteiger partial charge is 0.352 e. The molecule has 6 rings (SSSR count). The van der Waals surface area contributed by atoms with Crippen molar-refractivity contribution in [3.63, 3.8) is 0 Å². The van der Waals surface area contributed by atoms with Gasteiger partial charge in [-0.3, -0.25) is 14.4 Å². The second-order valence-electron chi connectivity index (χ2n) is 12.6. The van der Waals surface area contributed by atoms with E-state index in [0.29, 0.717) is 16.3 Å². The van der Waals surface area contributed by atoms with Crippen LogP contribution in [0.25, 0.3) is 5.57 Å². The third-order valence-corrected chi connectivity index (χ3v) is 9.24. The van der Waals surface area contributed by atoms with Gasteiger partial charge >= 0.3 is 0 Å². The molecule has 4 atom stereocenters. The molecule has 0 bridgehead atoms. The first kappa shape index (κ1) is 27.5. The van der Waals surface area contributed by atoms with Gasteiger partial charge in [0.2, 0.25) is 5.91 Å². The van der Waals surface area contributed by atoms with Crippen LogP contribution in [0.15, 0.2) is 72.8 Å². The third-order valence-electron chi connectivity index (χ3n) is 9.01. The number of hydrogen-bond acceptors (Lipinski definition) is 4. The summed E-state index contributed by atoms with van der Waals surface area (Å²) in [4.78, 5) is 45.9. The van der Waals surface area contributed by atoms with Crippen LogP contribution < -0.4 is 10.2 Å². The lowest BCUT2D eigenvalue weighted by Crippen LogP contribution is -2.51. The first-order valence-electron chi connectivity index (χ1n) is 14.3. The average molecular weight is 567 g/mol. The molecule has 1 fully saturated rings. The van der Waals surface area contributed by atoms with E-state index in [1.165, 1.54) is 0 Å². The number of allylic oxidation sites excluding steroid dienone is 1. The van der Waals surface area contributed by atoms with Gasteiger partial charge in [-0.2, -0.15) is 0 Å². The minimum absolute atomic E-state index is 0.0774. The van der Waals surface area contributed by atoms with E-state index in [1.807, 2.05) is 99.3 Å². The number of ketones is 2. The van der Waals surface area contributed by atoms with Crippen molar-refractivity contribution in [2.24, 2.45) is 11.3 Å². The minimum Gasteiger partial charge on any atom is -0.352 e. The van der Waals surface area contributed by atoms with E-state index in [1.54, 1.807) is 0 Å². The topological polar surface area (TPSA) is 66.5 Å². The van der Waals surface area contributed by atoms with Gasteiger partial charge < -0.3 is 10.2 Å². The van der Waals surface area contributed by atoms with E-state index in [4.69, 9.17) is 11.6 Å². The van der Waals surface area contributed by atoms with Crippen LogP contribution in [-0.4, -0.2) is 29.6 Å². The Hall–Kier alpha value is -3.70. The molecule has 1 amide bonds. The maximum absolute atomic E-state index is 14.9. The van der Waals surface area contributed by atoms with Crippen molar-refractivity contribution < 1.29 is 14.4 Å². The molecular weight excluding hydrogens is 532 g/mol. The van der Waals surface area contributed by atoms with Crippen LogP contribution in [0.2, 0.25) is 5.02 Å². The van der Waals surface area contributed by atoms with Crippen LogP contribution >= 0.6 is 11.6 Å². The highest BCUT2D eigenvalue weighted by Gasteiger charge is 2.71. The van der Waals surface area contributed by atoms with E-state index in [9.17, 15) is 14.4 Å². The summed E-state index contributed by atoms with van der Waals surface area (Å²) in [5.74, 6) is -1.48. The number of fused-ring (bicyclic) bond motifs is 6. The molecule has 210 valence electrons. The van der Waals surface area contributed by atoms with Crippen molar-refractivity contribution in [1.29, 1.82) is 0 Å². The van der Waals surface area contributed by atoms with Gasteiger partial charge in [0.25, 0.3) is 0 Å². The summed E-state index contributed by atoms with van der Waals surface area (Å²) in [5.41, 5.74) is 3.71. The Morgan fingerprint density at radius 2 is 1.73 bits per heavy atom. The van der Waals surface area contributed by atoms with Crippen LogP contribution in [0, 0.1) is 11.3 Å². The van der Waals surface area contributed by atoms with Crippen molar-refractivity contribution in [3.05, 3.63) is 100 Å². The summed E-state index contributed by atoms with van der Waals surface area (Å²) < 4.78 is 0. The molecule has 0 aliphatic carbocycles. The number of amides is 1. The second kappa shape index (κ2) is 9.70. The Kier molecular flexibility index (Phi) is 6.50. The SMILES string of the molecule is CCCc1ccc(C(=O)[C@@H]2[C@@H](C(=O)C(C)(C)C)N3c4ccc(Cl)cc4C(C)=C[C@@H]3[C@@]23C(=O)Nc2ccccc23)cc1. The van der Waals surface area contributed by atoms with Crippen LogP contribution in [0.1, 0.15) is 68.1 Å². The molecule has 6 heteroatoms. The lowest BCUT2D eigenvalue weighted by Gasteiger charge is -2.40. The highest BCUT2D eigenvalue weighted by Crippen LogP contribution is 2.59. The lowest BCUT2D eigenvalue weighted by atomic mass is 9.63. The van der Waals surface area contributed by atoms with E-state index >= 15 is 0 Å². The third kappa shape index (κ3) is 4.00. The molecule has 0 saturated carbocycles. The van der Waals surface area contributed by atoms with Crippen molar-refractivity contribution in [3.8, 4) is 0 Å². The molecular formula is C35H35ClN2O3. The molecule has 0 radical (unpaired) electrons. The molecule has 0 unspecified atom stereocenters. The van der Waals surface area contributed by atoms with Crippen LogP contribution in [0.5, 0.6) is 0 Å². The quantitative estimate of drug-likeness (QED) is 0.330. The summed E-state index contributed by atoms with van der Waals surface area (Å²) in [6, 6.07) is 19.5. The van der Waals surface area contributed by atoms with Crippen LogP contribution in [0.4, 0.5) is 11.4 Å². The Labute approximate surface area is 246 Å². The summed E-state index contributed by atoms with van der Waals surface area (Å²) in [6.07, 6.45) is 3.98. The fourth-order valence-corrected chi connectivity index (χ4v) is 7.32. The normalized spacial score (nSPS) is 24.4. The first-order chi connectivity index (χ1) is 19.5. The summed E-state index contributed by atoms with van der Waals surface area (Å²) in [7, 11) is 0. The molecule has 3 aliphatic heterocycles. The number of aryl methyl sites for hydroxylation is 1. The minimum atomic E-state index is -1.31. The number of rotatable bonds is 5. The van der Waals surface area contributed by atoms with Gasteiger partial charge in [-0.15, -0.1) is 0 Å². The van der Waals surface area contributed by atoms with E-state index in [-0.39, 0.29) is 17.5 Å². The number of Topliss-reactive ketones (excluding diaryl/α,β-unsaturated/α-hetero) is 2. The Morgan fingerprint density at radius 3 is 2.41 bits per heavy atom. The maximum Gasteiger partial charge on any atom is 0.238 e. The molecule has 1 N–H and O–H groups in total. The molecule has 0 aromatic heterocycles. The molecule has 5 nitrogen and oxygen atoms in total. The summed E-state index contributed by atoms with van der Waals surface area (Å²) >= 11 is 6.43. The number of hydrogen-bond donors (Lipinski definition) is 1. The smallest absolute Gasteiger partial charge is 0.238 e. The zero-order valence-corrected chi connectivity index (χ0v) is 24.9. The molecule has 3 heterocycles. The summed E-state index contributed by atoms with van der Waals surface area (Å²) in [6.45, 7) is 9.77. The van der Waals surface area contributed by atoms with Gasteiger partial charge in [0.05, 0.1) is 12.0 Å². The van der Waals surface area contributed by atoms with Crippen molar-refractivity contribution in [1.82, 2.24) is 0 Å². The van der Waals surface area contributed by atoms with E-state index in [2.05, 4.69) is 18.3 Å². The van der Waals surface area contributed by atoms with Gasteiger partial charge in [0.1, 0.15) is 11.5 Å². The van der Waals surface area contributed by atoms with Gasteiger partial charge in [-0.1, -0.05) is 94.3 Å². The van der Waals surface area contributed by atoms with E-state index < -0.39 is 28.8 Å². The zero-order valence-electron chi connectivity index (χ0n) is 24.1. The predicted molar refractivity (Wildman–Crippen MR) is 165 cm³/mol. The standard InChI is InChI=1S/C35H35ClN2O3/c1-6-9-21-12-14-22(15-13-21)31(39)29-30(32(40)34(3,4)5)38-27-17-16-23(36)19-24(27)20(2)18-28(38)35(29)25-10-7-8-11-26(25)37-33(35)41/h7-8,10-19,28-30H,6,9H2,1-5H3,(H,37,41)/t28-,29+,30+,35-/m1/s1. The number of nitrogens with zero attached hydrogens (tertiary/aromatic N) is 1.